The van der Waals surface area contributed by atoms with Crippen molar-refractivity contribution in [2.24, 2.45) is 0 Å². The Hall–Kier alpha value is -0.980. The molecule has 0 bridgehead atoms. The molecule has 0 amide bonds. The smallest absolute Gasteiger partial charge is 0.279 e. The molecule has 0 aliphatic carbocycles. The Balaban J connectivity index is 2.95. The number of para-hydroxylation sites is 1. The Kier molecular flexibility index (Phi) is 2.96. The predicted molar refractivity (Wildman–Crippen MR) is 67.0 cm³/mol. The SMILES string of the molecule is Cc1cccc2c(=O)c(I)c(C(F)F)[nH]c12. The summed E-state index contributed by atoms with van der Waals surface area (Å²) in [6.07, 6.45) is -2.66. The van der Waals surface area contributed by atoms with E-state index < -0.39 is 6.43 Å². The number of hydrogen-bond donors (Lipinski definition) is 1. The van der Waals surface area contributed by atoms with Gasteiger partial charge in [0.1, 0.15) is 0 Å². The van der Waals surface area contributed by atoms with Crippen molar-refractivity contribution in [3.8, 4) is 0 Å². The lowest BCUT2D eigenvalue weighted by Crippen LogP contribution is -2.12. The van der Waals surface area contributed by atoms with E-state index in [4.69, 9.17) is 0 Å². The minimum Gasteiger partial charge on any atom is -0.352 e. The van der Waals surface area contributed by atoms with Crippen LogP contribution in [0.1, 0.15) is 17.7 Å². The summed E-state index contributed by atoms with van der Waals surface area (Å²) in [5, 5.41) is 0.453. The van der Waals surface area contributed by atoms with E-state index in [-0.39, 0.29) is 14.7 Å². The molecule has 2 rings (SSSR count). The van der Waals surface area contributed by atoms with Crippen molar-refractivity contribution in [3.63, 3.8) is 0 Å². The highest BCUT2D eigenvalue weighted by molar-refractivity contribution is 14.1. The maximum absolute atomic E-state index is 12.7. The first-order chi connectivity index (χ1) is 7.52. The summed E-state index contributed by atoms with van der Waals surface area (Å²) < 4.78 is 25.4. The third-order valence-corrected chi connectivity index (χ3v) is 3.50. The summed E-state index contributed by atoms with van der Waals surface area (Å²) in [5.41, 5.74) is 0.636. The fourth-order valence-corrected chi connectivity index (χ4v) is 2.26. The van der Waals surface area contributed by atoms with Crippen LogP contribution in [0.3, 0.4) is 0 Å². The quantitative estimate of drug-likeness (QED) is 0.797. The van der Waals surface area contributed by atoms with Crippen LogP contribution in [-0.2, 0) is 0 Å². The zero-order valence-electron chi connectivity index (χ0n) is 8.35. The molecule has 0 atom stereocenters. The molecule has 0 fully saturated rings. The Bertz CT molecular complexity index is 607. The molecule has 2 aromatic rings. The molecular formula is C11H8F2INO. The molecule has 0 aliphatic rings. The predicted octanol–water partition coefficient (Wildman–Crippen LogP) is 3.38. The molecule has 0 unspecified atom stereocenters. The Morgan fingerprint density at radius 2 is 2.06 bits per heavy atom. The lowest BCUT2D eigenvalue weighted by atomic mass is 10.1. The average molecular weight is 335 g/mol. The first-order valence-corrected chi connectivity index (χ1v) is 5.69. The number of aryl methyl sites for hydroxylation is 1. The molecule has 16 heavy (non-hydrogen) atoms. The molecule has 2 nitrogen and oxygen atoms in total. The Morgan fingerprint density at radius 1 is 1.38 bits per heavy atom. The number of rotatable bonds is 1. The molecule has 1 heterocycles. The number of aromatic amines is 1. The highest BCUT2D eigenvalue weighted by Crippen LogP contribution is 2.23. The van der Waals surface area contributed by atoms with Crippen LogP contribution < -0.4 is 5.43 Å². The number of pyridine rings is 1. The molecule has 1 aromatic carbocycles. The third kappa shape index (κ3) is 1.73. The topological polar surface area (TPSA) is 32.9 Å². The molecule has 5 heteroatoms. The number of hydrogen-bond acceptors (Lipinski definition) is 1. The van der Waals surface area contributed by atoms with Crippen LogP contribution in [0, 0.1) is 10.5 Å². The van der Waals surface area contributed by atoms with Crippen molar-refractivity contribution in [3.05, 3.63) is 43.2 Å². The second-order valence-corrected chi connectivity index (χ2v) is 4.56. The van der Waals surface area contributed by atoms with Gasteiger partial charge in [0.15, 0.2) is 0 Å². The highest BCUT2D eigenvalue weighted by atomic mass is 127. The van der Waals surface area contributed by atoms with Gasteiger partial charge < -0.3 is 4.98 Å². The maximum Gasteiger partial charge on any atom is 0.279 e. The number of fused-ring (bicyclic) bond motifs is 1. The van der Waals surface area contributed by atoms with Crippen molar-refractivity contribution in [1.29, 1.82) is 0 Å². The summed E-state index contributed by atoms with van der Waals surface area (Å²) in [4.78, 5) is 14.5. The zero-order valence-corrected chi connectivity index (χ0v) is 10.5. The van der Waals surface area contributed by atoms with Crippen LogP contribution in [0.25, 0.3) is 10.9 Å². The van der Waals surface area contributed by atoms with Crippen molar-refractivity contribution < 1.29 is 8.78 Å². The summed E-state index contributed by atoms with van der Waals surface area (Å²) >= 11 is 1.66. The lowest BCUT2D eigenvalue weighted by Gasteiger charge is -2.07. The van der Waals surface area contributed by atoms with Crippen molar-refractivity contribution in [1.82, 2.24) is 4.98 Å². The first kappa shape index (κ1) is 11.5. The number of benzene rings is 1. The van der Waals surface area contributed by atoms with Crippen LogP contribution in [-0.4, -0.2) is 4.98 Å². The fraction of sp³-hybridized carbons (Fsp3) is 0.182. The van der Waals surface area contributed by atoms with E-state index >= 15 is 0 Å². The maximum atomic E-state index is 12.7. The fourth-order valence-electron chi connectivity index (χ4n) is 1.60. The van der Waals surface area contributed by atoms with Gasteiger partial charge in [-0.05, 0) is 41.1 Å². The molecule has 1 aromatic heterocycles. The Labute approximate surface area is 104 Å². The van der Waals surface area contributed by atoms with Gasteiger partial charge in [0, 0.05) is 5.39 Å². The van der Waals surface area contributed by atoms with Gasteiger partial charge in [0.05, 0.1) is 14.8 Å². The van der Waals surface area contributed by atoms with Gasteiger partial charge in [0.25, 0.3) is 6.43 Å². The van der Waals surface area contributed by atoms with Gasteiger partial charge in [-0.1, -0.05) is 12.1 Å². The van der Waals surface area contributed by atoms with Crippen molar-refractivity contribution in [2.45, 2.75) is 13.3 Å². The molecule has 0 saturated carbocycles. The number of nitrogens with one attached hydrogen (secondary N) is 1. The number of halogens is 3. The minimum atomic E-state index is -2.66. The van der Waals surface area contributed by atoms with Gasteiger partial charge in [-0.2, -0.15) is 0 Å². The van der Waals surface area contributed by atoms with Gasteiger partial charge in [-0.25, -0.2) is 8.78 Å². The average Bonchev–Trinajstić information content (AvgIpc) is 2.23. The third-order valence-electron chi connectivity index (χ3n) is 2.43. The monoisotopic (exact) mass is 335 g/mol. The number of H-pyrrole nitrogens is 1. The van der Waals surface area contributed by atoms with Crippen LogP contribution in [0.4, 0.5) is 8.78 Å². The van der Waals surface area contributed by atoms with E-state index in [0.717, 1.165) is 5.56 Å². The lowest BCUT2D eigenvalue weighted by molar-refractivity contribution is 0.145. The number of alkyl halides is 2. The van der Waals surface area contributed by atoms with Gasteiger partial charge in [0.2, 0.25) is 5.43 Å². The van der Waals surface area contributed by atoms with E-state index in [2.05, 4.69) is 4.98 Å². The largest absolute Gasteiger partial charge is 0.352 e. The van der Waals surface area contributed by atoms with Crippen LogP contribution in [0.2, 0.25) is 0 Å². The number of aromatic nitrogens is 1. The van der Waals surface area contributed by atoms with Crippen molar-refractivity contribution >= 4 is 33.5 Å². The van der Waals surface area contributed by atoms with Crippen LogP contribution >= 0.6 is 22.6 Å². The molecule has 84 valence electrons. The van der Waals surface area contributed by atoms with E-state index in [0.29, 0.717) is 10.9 Å². The highest BCUT2D eigenvalue weighted by Gasteiger charge is 2.17. The van der Waals surface area contributed by atoms with Gasteiger partial charge in [-0.3, -0.25) is 4.79 Å². The molecule has 1 N–H and O–H groups in total. The van der Waals surface area contributed by atoms with E-state index in [1.54, 1.807) is 47.7 Å². The second-order valence-electron chi connectivity index (χ2n) is 3.48. The normalized spacial score (nSPS) is 11.3. The van der Waals surface area contributed by atoms with E-state index in [9.17, 15) is 13.6 Å². The standard InChI is InChI=1S/C11H8F2INO/c1-5-3-2-4-6-8(5)15-9(11(12)13)7(14)10(6)16/h2-4,11H,1H3,(H,15,16). The first-order valence-electron chi connectivity index (χ1n) is 4.61. The Morgan fingerprint density at radius 3 is 2.69 bits per heavy atom. The molecule has 0 radical (unpaired) electrons. The second kappa shape index (κ2) is 4.12. The summed E-state index contributed by atoms with van der Waals surface area (Å²) in [7, 11) is 0. The molecular weight excluding hydrogens is 327 g/mol. The van der Waals surface area contributed by atoms with Gasteiger partial charge >= 0.3 is 0 Å². The molecule has 0 spiro atoms. The summed E-state index contributed by atoms with van der Waals surface area (Å²) in [6, 6.07) is 5.16. The van der Waals surface area contributed by atoms with Crippen molar-refractivity contribution in [2.75, 3.05) is 0 Å². The zero-order chi connectivity index (χ0) is 11.9. The summed E-state index contributed by atoms with van der Waals surface area (Å²) in [5.74, 6) is 0. The van der Waals surface area contributed by atoms with Gasteiger partial charge in [-0.15, -0.1) is 0 Å². The van der Waals surface area contributed by atoms with E-state index in [1.165, 1.54) is 0 Å². The molecule has 0 aliphatic heterocycles. The van der Waals surface area contributed by atoms with Crippen LogP contribution in [0.5, 0.6) is 0 Å². The molecule has 0 saturated heterocycles. The summed E-state index contributed by atoms with van der Waals surface area (Å²) in [6.45, 7) is 1.78. The van der Waals surface area contributed by atoms with E-state index in [1.807, 2.05) is 0 Å². The minimum absolute atomic E-state index is 0.0608. The van der Waals surface area contributed by atoms with Crippen LogP contribution in [0.15, 0.2) is 23.0 Å².